The van der Waals surface area contributed by atoms with E-state index in [1.54, 1.807) is 18.7 Å². The van der Waals surface area contributed by atoms with Gasteiger partial charge in [-0.2, -0.15) is 0 Å². The summed E-state index contributed by atoms with van der Waals surface area (Å²) in [5, 5.41) is 2.70. The zero-order valence-electron chi connectivity index (χ0n) is 18.7. The maximum Gasteiger partial charge on any atom is 0.410 e. The van der Waals surface area contributed by atoms with Gasteiger partial charge in [0.2, 0.25) is 5.91 Å². The van der Waals surface area contributed by atoms with Crippen LogP contribution in [0.25, 0.3) is 0 Å². The van der Waals surface area contributed by atoms with Crippen molar-refractivity contribution >= 4 is 23.9 Å². The van der Waals surface area contributed by atoms with E-state index in [1.807, 2.05) is 30.3 Å². The molecule has 32 heavy (non-hydrogen) atoms. The fraction of sp³-hybridized carbons (Fsp3) is 0.565. The van der Waals surface area contributed by atoms with Gasteiger partial charge < -0.3 is 24.4 Å². The van der Waals surface area contributed by atoms with E-state index in [9.17, 15) is 19.2 Å². The quantitative estimate of drug-likeness (QED) is 0.432. The predicted octanol–water partition coefficient (Wildman–Crippen LogP) is 2.43. The molecule has 0 aliphatic carbocycles. The van der Waals surface area contributed by atoms with E-state index in [0.29, 0.717) is 25.9 Å². The first-order valence-corrected chi connectivity index (χ1v) is 11.0. The van der Waals surface area contributed by atoms with Gasteiger partial charge in [-0.3, -0.25) is 9.59 Å². The number of rotatable bonds is 10. The molecule has 1 aliphatic rings. The van der Waals surface area contributed by atoms with E-state index in [4.69, 9.17) is 14.2 Å². The summed E-state index contributed by atoms with van der Waals surface area (Å²) in [6.45, 7) is 4.77. The minimum Gasteiger partial charge on any atom is -0.466 e. The van der Waals surface area contributed by atoms with Crippen LogP contribution in [0, 0.1) is 5.92 Å². The van der Waals surface area contributed by atoms with Crippen LogP contribution < -0.4 is 5.32 Å². The van der Waals surface area contributed by atoms with Crippen molar-refractivity contribution in [3.63, 3.8) is 0 Å². The molecule has 0 spiro atoms. The third-order valence-electron chi connectivity index (χ3n) is 5.16. The number of esters is 2. The summed E-state index contributed by atoms with van der Waals surface area (Å²) in [5.41, 5.74) is 0.905. The number of hydrogen-bond donors (Lipinski definition) is 1. The Morgan fingerprint density at radius 2 is 1.66 bits per heavy atom. The number of piperidine rings is 1. The van der Waals surface area contributed by atoms with Crippen LogP contribution in [0.2, 0.25) is 0 Å². The summed E-state index contributed by atoms with van der Waals surface area (Å²) >= 11 is 0. The molecular weight excluding hydrogens is 416 g/mol. The molecule has 0 aromatic heterocycles. The largest absolute Gasteiger partial charge is 0.466 e. The Morgan fingerprint density at radius 3 is 2.28 bits per heavy atom. The predicted molar refractivity (Wildman–Crippen MR) is 115 cm³/mol. The molecule has 1 aliphatic heterocycles. The van der Waals surface area contributed by atoms with Gasteiger partial charge >= 0.3 is 18.0 Å². The van der Waals surface area contributed by atoms with Gasteiger partial charge in [0.1, 0.15) is 12.6 Å². The van der Waals surface area contributed by atoms with Gasteiger partial charge in [-0.05, 0) is 38.7 Å². The van der Waals surface area contributed by atoms with Crippen molar-refractivity contribution in [3.05, 3.63) is 35.9 Å². The zero-order valence-corrected chi connectivity index (χ0v) is 18.7. The number of benzene rings is 1. The van der Waals surface area contributed by atoms with Gasteiger partial charge in [-0.15, -0.1) is 0 Å². The van der Waals surface area contributed by atoms with Crippen LogP contribution in [0.5, 0.6) is 0 Å². The van der Waals surface area contributed by atoms with Crippen LogP contribution in [0.15, 0.2) is 30.3 Å². The lowest BCUT2D eigenvalue weighted by molar-refractivity contribution is -0.149. The molecular formula is C23H32N2O7. The smallest absolute Gasteiger partial charge is 0.410 e. The highest BCUT2D eigenvalue weighted by Crippen LogP contribution is 2.19. The second kappa shape index (κ2) is 13.3. The Labute approximate surface area is 188 Å². The summed E-state index contributed by atoms with van der Waals surface area (Å²) in [6, 6.07) is 8.50. The molecule has 0 bridgehead atoms. The molecule has 2 rings (SSSR count). The number of carbonyl (C=O) groups excluding carboxylic acids is 4. The average molecular weight is 449 g/mol. The Hall–Kier alpha value is -3.10. The average Bonchev–Trinajstić information content (AvgIpc) is 2.81. The number of nitrogens with one attached hydrogen (secondary N) is 1. The van der Waals surface area contributed by atoms with E-state index in [0.717, 1.165) is 5.56 Å². The van der Waals surface area contributed by atoms with Crippen molar-refractivity contribution in [3.8, 4) is 0 Å². The molecule has 1 saturated heterocycles. The Bertz CT molecular complexity index is 761. The van der Waals surface area contributed by atoms with Gasteiger partial charge in [0.05, 0.1) is 13.2 Å². The standard InChI is InChI=1S/C23H32N2O7/c1-3-30-20(26)11-10-19(22(28)31-4-2)24-21(27)18-12-14-25(15-13-18)23(29)32-16-17-8-6-5-7-9-17/h5-9,18-19H,3-4,10-16H2,1-2H3,(H,24,27)/t19-/m0/s1. The van der Waals surface area contributed by atoms with Crippen LogP contribution in [-0.4, -0.2) is 61.2 Å². The minimum atomic E-state index is -0.916. The van der Waals surface area contributed by atoms with E-state index in [1.165, 1.54) is 0 Å². The first-order chi connectivity index (χ1) is 15.4. The Morgan fingerprint density at radius 1 is 1.00 bits per heavy atom. The highest BCUT2D eigenvalue weighted by atomic mass is 16.6. The molecule has 0 unspecified atom stereocenters. The second-order valence-corrected chi connectivity index (χ2v) is 7.46. The zero-order chi connectivity index (χ0) is 23.3. The van der Waals surface area contributed by atoms with Crippen molar-refractivity contribution in [2.45, 2.75) is 52.2 Å². The molecule has 1 N–H and O–H groups in total. The molecule has 2 amide bonds. The van der Waals surface area contributed by atoms with Gasteiger partial charge in [0.25, 0.3) is 0 Å². The summed E-state index contributed by atoms with van der Waals surface area (Å²) in [7, 11) is 0. The molecule has 0 radical (unpaired) electrons. The lowest BCUT2D eigenvalue weighted by Gasteiger charge is -2.31. The number of hydrogen-bond acceptors (Lipinski definition) is 7. The lowest BCUT2D eigenvalue weighted by atomic mass is 9.95. The van der Waals surface area contributed by atoms with Crippen molar-refractivity contribution in [2.24, 2.45) is 5.92 Å². The van der Waals surface area contributed by atoms with Gasteiger partial charge in [0.15, 0.2) is 0 Å². The second-order valence-electron chi connectivity index (χ2n) is 7.46. The van der Waals surface area contributed by atoms with Crippen molar-refractivity contribution in [1.82, 2.24) is 10.2 Å². The van der Waals surface area contributed by atoms with Gasteiger partial charge in [0, 0.05) is 25.4 Å². The maximum absolute atomic E-state index is 12.7. The number of nitrogens with zero attached hydrogens (tertiary/aromatic N) is 1. The molecule has 1 atom stereocenters. The molecule has 9 nitrogen and oxygen atoms in total. The highest BCUT2D eigenvalue weighted by molar-refractivity contribution is 5.86. The van der Waals surface area contributed by atoms with Crippen molar-refractivity contribution in [2.75, 3.05) is 26.3 Å². The van der Waals surface area contributed by atoms with Crippen molar-refractivity contribution < 1.29 is 33.4 Å². The summed E-state index contributed by atoms with van der Waals surface area (Å²) in [5.74, 6) is -1.64. The van der Waals surface area contributed by atoms with Gasteiger partial charge in [-0.1, -0.05) is 30.3 Å². The first kappa shape index (κ1) is 25.2. The van der Waals surface area contributed by atoms with Crippen LogP contribution >= 0.6 is 0 Å². The van der Waals surface area contributed by atoms with E-state index < -0.39 is 24.1 Å². The molecule has 1 fully saturated rings. The van der Waals surface area contributed by atoms with E-state index >= 15 is 0 Å². The molecule has 9 heteroatoms. The molecule has 1 heterocycles. The SMILES string of the molecule is CCOC(=O)CC[C@H](NC(=O)C1CCN(C(=O)OCc2ccccc2)CC1)C(=O)OCC. The van der Waals surface area contributed by atoms with Crippen LogP contribution in [0.1, 0.15) is 45.1 Å². The Balaban J connectivity index is 1.81. The number of ether oxygens (including phenoxy) is 3. The first-order valence-electron chi connectivity index (χ1n) is 11.0. The summed E-state index contributed by atoms with van der Waals surface area (Å²) < 4.78 is 15.2. The fourth-order valence-corrected chi connectivity index (χ4v) is 3.41. The van der Waals surface area contributed by atoms with Gasteiger partial charge in [-0.25, -0.2) is 9.59 Å². The Kier molecular flexibility index (Phi) is 10.5. The minimum absolute atomic E-state index is 0.00327. The third-order valence-corrected chi connectivity index (χ3v) is 5.16. The number of amides is 2. The molecule has 176 valence electrons. The van der Waals surface area contributed by atoms with E-state index in [-0.39, 0.29) is 44.5 Å². The normalized spacial score (nSPS) is 14.9. The summed E-state index contributed by atoms with van der Waals surface area (Å²) in [4.78, 5) is 50.4. The van der Waals surface area contributed by atoms with Crippen LogP contribution in [0.3, 0.4) is 0 Å². The summed E-state index contributed by atoms with van der Waals surface area (Å²) in [6.07, 6.45) is 0.614. The number of carbonyl (C=O) groups is 4. The van der Waals surface area contributed by atoms with Crippen molar-refractivity contribution in [1.29, 1.82) is 0 Å². The topological polar surface area (TPSA) is 111 Å². The lowest BCUT2D eigenvalue weighted by Crippen LogP contribution is -2.48. The van der Waals surface area contributed by atoms with E-state index in [2.05, 4.69) is 5.32 Å². The van der Waals surface area contributed by atoms with Crippen LogP contribution in [-0.2, 0) is 35.2 Å². The molecule has 0 saturated carbocycles. The fourth-order valence-electron chi connectivity index (χ4n) is 3.41. The highest BCUT2D eigenvalue weighted by Gasteiger charge is 2.31. The number of likely N-dealkylation sites (tertiary alicyclic amines) is 1. The third kappa shape index (κ3) is 8.20. The molecule has 1 aromatic rings. The van der Waals surface area contributed by atoms with Crippen LogP contribution in [0.4, 0.5) is 4.79 Å². The molecule has 1 aromatic carbocycles. The monoisotopic (exact) mass is 448 g/mol. The maximum atomic E-state index is 12.7.